The Morgan fingerprint density at radius 3 is 2.52 bits per heavy atom. The molecule has 5 nitrogen and oxygen atoms in total. The van der Waals surface area contributed by atoms with Gasteiger partial charge in [0.25, 0.3) is 11.8 Å². The average molecular weight is 472 g/mol. The summed E-state index contributed by atoms with van der Waals surface area (Å²) in [5.74, 6) is -0.710. The summed E-state index contributed by atoms with van der Waals surface area (Å²) in [6, 6.07) is 24.8. The first-order valence-corrected chi connectivity index (χ1v) is 11.5. The molecule has 0 atom stereocenters. The molecule has 0 bridgehead atoms. The van der Waals surface area contributed by atoms with Gasteiger partial charge in [0.05, 0.1) is 4.91 Å². The highest BCUT2D eigenvalue weighted by Gasteiger charge is 2.25. The predicted octanol–water partition coefficient (Wildman–Crippen LogP) is 5.74. The molecule has 3 aromatic carbocycles. The molecule has 2 heterocycles. The average Bonchev–Trinajstić information content (AvgIpc) is 3.34. The molecule has 2 amide bonds. The summed E-state index contributed by atoms with van der Waals surface area (Å²) in [6.07, 6.45) is 3.89. The lowest BCUT2D eigenvalue weighted by molar-refractivity contribution is -0.115. The minimum absolute atomic E-state index is 0.263. The zero-order valence-electron chi connectivity index (χ0n) is 17.4. The third kappa shape index (κ3) is 4.62. The fraction of sp³-hybridized carbons (Fsp3) is 0.0385. The summed E-state index contributed by atoms with van der Waals surface area (Å²) in [5, 5.41) is 4.54. The van der Waals surface area contributed by atoms with E-state index in [9.17, 15) is 9.59 Å². The largest absolute Gasteiger partial charge is 0.342 e. The van der Waals surface area contributed by atoms with Crippen molar-refractivity contribution in [2.24, 2.45) is 4.99 Å². The van der Waals surface area contributed by atoms with Crippen molar-refractivity contribution in [3.8, 4) is 0 Å². The highest BCUT2D eigenvalue weighted by molar-refractivity contribution is 8.18. The highest BCUT2D eigenvalue weighted by atomic mass is 35.5. The second-order valence-corrected chi connectivity index (χ2v) is 8.98. The molecule has 1 aliphatic rings. The van der Waals surface area contributed by atoms with Crippen molar-refractivity contribution < 1.29 is 9.59 Å². The van der Waals surface area contributed by atoms with Gasteiger partial charge in [-0.15, -0.1) is 0 Å². The Hall–Kier alpha value is -3.61. The number of hydrogen-bond acceptors (Lipinski definition) is 3. The van der Waals surface area contributed by atoms with Gasteiger partial charge in [-0.05, 0) is 53.7 Å². The number of hydrogen-bond donors (Lipinski definition) is 1. The van der Waals surface area contributed by atoms with E-state index < -0.39 is 5.91 Å². The molecule has 5 rings (SSSR count). The molecule has 162 valence electrons. The van der Waals surface area contributed by atoms with Gasteiger partial charge in [-0.1, -0.05) is 60.1 Å². The van der Waals surface area contributed by atoms with Crippen LogP contribution in [0.25, 0.3) is 17.0 Å². The van der Waals surface area contributed by atoms with Crippen LogP contribution >= 0.6 is 23.4 Å². The van der Waals surface area contributed by atoms with Crippen molar-refractivity contribution in [3.05, 3.63) is 112 Å². The Labute approximate surface area is 199 Å². The Bertz CT molecular complexity index is 1420. The Balaban J connectivity index is 1.43. The van der Waals surface area contributed by atoms with Gasteiger partial charge in [0, 0.05) is 39.8 Å². The van der Waals surface area contributed by atoms with Crippen molar-refractivity contribution in [2.75, 3.05) is 0 Å². The molecule has 1 fully saturated rings. The van der Waals surface area contributed by atoms with E-state index in [0.717, 1.165) is 34.8 Å². The molecule has 1 aromatic heterocycles. The first-order valence-electron chi connectivity index (χ1n) is 10.3. The maximum Gasteiger partial charge on any atom is 0.279 e. The number of para-hydroxylation sites is 1. The van der Waals surface area contributed by atoms with Crippen molar-refractivity contribution in [1.29, 1.82) is 0 Å². The normalized spacial score (nSPS) is 16.0. The number of aromatic nitrogens is 1. The fourth-order valence-electron chi connectivity index (χ4n) is 3.67. The fourth-order valence-corrected chi connectivity index (χ4v) is 4.61. The van der Waals surface area contributed by atoms with Crippen LogP contribution < -0.4 is 5.32 Å². The lowest BCUT2D eigenvalue weighted by Gasteiger charge is -2.05. The predicted molar refractivity (Wildman–Crippen MR) is 134 cm³/mol. The lowest BCUT2D eigenvalue weighted by atomic mass is 10.1. The number of amides is 2. The number of nitrogens with one attached hydrogen (secondary N) is 1. The van der Waals surface area contributed by atoms with Crippen LogP contribution in [0.15, 0.2) is 95.0 Å². The second kappa shape index (κ2) is 9.10. The summed E-state index contributed by atoms with van der Waals surface area (Å²) in [7, 11) is 0. The van der Waals surface area contributed by atoms with Gasteiger partial charge < -0.3 is 9.88 Å². The van der Waals surface area contributed by atoms with Crippen molar-refractivity contribution in [3.63, 3.8) is 0 Å². The number of carbonyl (C=O) groups is 2. The van der Waals surface area contributed by atoms with Crippen molar-refractivity contribution >= 4 is 57.3 Å². The Morgan fingerprint density at radius 2 is 1.73 bits per heavy atom. The van der Waals surface area contributed by atoms with Gasteiger partial charge in [0.2, 0.25) is 0 Å². The van der Waals surface area contributed by atoms with E-state index in [1.165, 1.54) is 5.56 Å². The number of benzene rings is 3. The molecule has 1 aliphatic heterocycles. The van der Waals surface area contributed by atoms with E-state index in [1.807, 2.05) is 48.7 Å². The van der Waals surface area contributed by atoms with E-state index in [-0.39, 0.29) is 11.1 Å². The number of amidine groups is 1. The topological polar surface area (TPSA) is 63.5 Å². The second-order valence-electron chi connectivity index (χ2n) is 7.51. The van der Waals surface area contributed by atoms with Crippen LogP contribution in [-0.2, 0) is 11.3 Å². The minimum atomic E-state index is -0.435. The van der Waals surface area contributed by atoms with Crippen LogP contribution in [0.2, 0.25) is 5.02 Å². The van der Waals surface area contributed by atoms with Crippen LogP contribution in [0, 0.1) is 0 Å². The molecular weight excluding hydrogens is 454 g/mol. The van der Waals surface area contributed by atoms with Crippen LogP contribution in [0.3, 0.4) is 0 Å². The van der Waals surface area contributed by atoms with Gasteiger partial charge in [-0.2, -0.15) is 4.99 Å². The SMILES string of the molecule is O=C1NC(=NC(=O)c2ccc(Cl)cc2)S/C1=C\c1cn(Cc2ccccc2)c2ccccc12. The van der Waals surface area contributed by atoms with Crippen LogP contribution in [0.1, 0.15) is 21.5 Å². The third-order valence-electron chi connectivity index (χ3n) is 5.25. The summed E-state index contributed by atoms with van der Waals surface area (Å²) < 4.78 is 2.17. The molecular formula is C26H18ClN3O2S. The Morgan fingerprint density at radius 1 is 1.00 bits per heavy atom. The standard InChI is InChI=1S/C26H18ClN3O2S/c27-20-12-10-18(11-13-20)24(31)28-26-29-25(32)23(33-26)14-19-16-30(15-17-6-2-1-3-7-17)22-9-5-4-8-21(19)22/h1-14,16H,15H2,(H,28,29,31,32)/b23-14-. The van der Waals surface area contributed by atoms with Crippen LogP contribution in [0.5, 0.6) is 0 Å². The van der Waals surface area contributed by atoms with E-state index in [2.05, 4.69) is 33.1 Å². The lowest BCUT2D eigenvalue weighted by Crippen LogP contribution is -2.20. The minimum Gasteiger partial charge on any atom is -0.342 e. The van der Waals surface area contributed by atoms with E-state index in [4.69, 9.17) is 11.6 Å². The monoisotopic (exact) mass is 471 g/mol. The molecule has 33 heavy (non-hydrogen) atoms. The summed E-state index contributed by atoms with van der Waals surface area (Å²) in [6.45, 7) is 0.728. The Kier molecular flexibility index (Phi) is 5.86. The van der Waals surface area contributed by atoms with E-state index >= 15 is 0 Å². The van der Waals surface area contributed by atoms with Crippen molar-refractivity contribution in [2.45, 2.75) is 6.54 Å². The number of fused-ring (bicyclic) bond motifs is 1. The first-order chi connectivity index (χ1) is 16.1. The molecule has 0 radical (unpaired) electrons. The van der Waals surface area contributed by atoms with Gasteiger partial charge in [-0.25, -0.2) is 0 Å². The maximum atomic E-state index is 12.6. The number of aliphatic imine (C=N–C) groups is 1. The molecule has 1 N–H and O–H groups in total. The van der Waals surface area contributed by atoms with Gasteiger partial charge in [0.15, 0.2) is 5.17 Å². The quantitative estimate of drug-likeness (QED) is 0.386. The number of halogens is 1. The molecule has 0 aliphatic carbocycles. The maximum absolute atomic E-state index is 12.6. The number of rotatable bonds is 4. The van der Waals surface area contributed by atoms with Gasteiger partial charge >= 0.3 is 0 Å². The first kappa shape index (κ1) is 21.2. The van der Waals surface area contributed by atoms with E-state index in [0.29, 0.717) is 15.5 Å². The zero-order chi connectivity index (χ0) is 22.8. The van der Waals surface area contributed by atoms with Crippen LogP contribution in [0.4, 0.5) is 0 Å². The molecule has 0 saturated carbocycles. The molecule has 1 saturated heterocycles. The summed E-state index contributed by atoms with van der Waals surface area (Å²) in [5.41, 5.74) is 3.62. The third-order valence-corrected chi connectivity index (χ3v) is 6.41. The molecule has 0 spiro atoms. The van der Waals surface area contributed by atoms with Gasteiger partial charge in [-0.3, -0.25) is 9.59 Å². The van der Waals surface area contributed by atoms with E-state index in [1.54, 1.807) is 24.3 Å². The number of nitrogens with zero attached hydrogens (tertiary/aromatic N) is 2. The number of carbonyl (C=O) groups excluding carboxylic acids is 2. The molecule has 0 unspecified atom stereocenters. The van der Waals surface area contributed by atoms with Crippen LogP contribution in [-0.4, -0.2) is 21.5 Å². The summed E-state index contributed by atoms with van der Waals surface area (Å²) in [4.78, 5) is 29.5. The molecule has 7 heteroatoms. The molecule has 4 aromatic rings. The highest BCUT2D eigenvalue weighted by Crippen LogP contribution is 2.30. The van der Waals surface area contributed by atoms with Crippen molar-refractivity contribution in [1.82, 2.24) is 9.88 Å². The summed E-state index contributed by atoms with van der Waals surface area (Å²) >= 11 is 7.03. The van der Waals surface area contributed by atoms with Gasteiger partial charge in [0.1, 0.15) is 0 Å². The number of thioether (sulfide) groups is 1. The smallest absolute Gasteiger partial charge is 0.279 e. The zero-order valence-corrected chi connectivity index (χ0v) is 18.9.